The van der Waals surface area contributed by atoms with Crippen LogP contribution in [0.2, 0.25) is 5.02 Å². The lowest BCUT2D eigenvalue weighted by Crippen LogP contribution is -1.97. The number of rotatable bonds is 1. The zero-order valence-electron chi connectivity index (χ0n) is 6.66. The Morgan fingerprint density at radius 2 is 2.25 bits per heavy atom. The summed E-state index contributed by atoms with van der Waals surface area (Å²) in [4.78, 5) is 4.07. The predicted octanol–water partition coefficient (Wildman–Crippen LogP) is 1.95. The zero-order valence-corrected chi connectivity index (χ0v) is 7.41. The van der Waals surface area contributed by atoms with E-state index in [-0.39, 0.29) is 0 Å². The Bertz CT molecular complexity index is 408. The molecule has 0 unspecified atom stereocenters. The van der Waals surface area contributed by atoms with E-state index in [1.807, 2.05) is 4.52 Å². The van der Waals surface area contributed by atoms with Gasteiger partial charge in [-0.25, -0.2) is 4.52 Å². The maximum Gasteiger partial charge on any atom is 0.103 e. The second-order valence-corrected chi connectivity index (χ2v) is 2.95. The minimum atomic E-state index is 0.651. The lowest BCUT2D eigenvalue weighted by molar-refractivity contribution is 0.850. The molecule has 0 aliphatic heterocycles. The van der Waals surface area contributed by atoms with Crippen molar-refractivity contribution in [1.29, 1.82) is 0 Å². The van der Waals surface area contributed by atoms with Crippen LogP contribution in [-0.2, 0) is 6.42 Å². The fourth-order valence-corrected chi connectivity index (χ4v) is 1.35. The minimum absolute atomic E-state index is 0.651. The molecule has 0 saturated carbocycles. The van der Waals surface area contributed by atoms with Crippen molar-refractivity contribution in [3.05, 3.63) is 29.3 Å². The summed E-state index contributed by atoms with van der Waals surface area (Å²) in [5, 5.41) is 4.78. The molecule has 0 saturated heterocycles. The number of aryl methyl sites for hydroxylation is 1. The number of hydrogen-bond acceptors (Lipinski definition) is 2. The van der Waals surface area contributed by atoms with Crippen LogP contribution in [0.4, 0.5) is 0 Å². The van der Waals surface area contributed by atoms with E-state index in [1.54, 1.807) is 18.6 Å². The SMILES string of the molecule is CCc1cncc2c(Cl)cnn12. The standard InChI is InChI=1S/C8H8ClN3/c1-2-6-3-10-5-8-7(9)4-11-12(6)8/h3-5H,2H2,1H3. The molecule has 0 aliphatic carbocycles. The molecule has 12 heavy (non-hydrogen) atoms. The lowest BCUT2D eigenvalue weighted by Gasteiger charge is -1.99. The molecular formula is C8H8ClN3. The van der Waals surface area contributed by atoms with Gasteiger partial charge in [0.25, 0.3) is 0 Å². The fraction of sp³-hybridized carbons (Fsp3) is 0.250. The van der Waals surface area contributed by atoms with Crippen molar-refractivity contribution in [2.75, 3.05) is 0 Å². The summed E-state index contributed by atoms with van der Waals surface area (Å²) in [5.41, 5.74) is 1.94. The van der Waals surface area contributed by atoms with Crippen molar-refractivity contribution in [3.63, 3.8) is 0 Å². The Kier molecular flexibility index (Phi) is 1.73. The van der Waals surface area contributed by atoms with Crippen molar-refractivity contribution >= 4 is 17.1 Å². The molecule has 0 spiro atoms. The quantitative estimate of drug-likeness (QED) is 0.673. The van der Waals surface area contributed by atoms with E-state index in [0.717, 1.165) is 17.6 Å². The summed E-state index contributed by atoms with van der Waals surface area (Å²) in [6, 6.07) is 0. The van der Waals surface area contributed by atoms with Crippen molar-refractivity contribution in [3.8, 4) is 0 Å². The van der Waals surface area contributed by atoms with E-state index >= 15 is 0 Å². The van der Waals surface area contributed by atoms with Gasteiger partial charge in [0.15, 0.2) is 0 Å². The highest BCUT2D eigenvalue weighted by Gasteiger charge is 2.03. The van der Waals surface area contributed by atoms with Gasteiger partial charge in [-0.1, -0.05) is 18.5 Å². The van der Waals surface area contributed by atoms with E-state index in [2.05, 4.69) is 17.0 Å². The van der Waals surface area contributed by atoms with Crippen LogP contribution in [-0.4, -0.2) is 14.6 Å². The van der Waals surface area contributed by atoms with Crippen molar-refractivity contribution in [2.45, 2.75) is 13.3 Å². The molecule has 4 heteroatoms. The number of fused-ring (bicyclic) bond motifs is 1. The third-order valence-electron chi connectivity index (χ3n) is 1.81. The van der Waals surface area contributed by atoms with Crippen LogP contribution in [0.3, 0.4) is 0 Å². The van der Waals surface area contributed by atoms with Gasteiger partial charge in [-0.3, -0.25) is 4.98 Å². The minimum Gasteiger partial charge on any atom is -0.261 e. The van der Waals surface area contributed by atoms with Crippen LogP contribution in [0.1, 0.15) is 12.6 Å². The molecule has 0 aromatic carbocycles. The summed E-state index contributed by atoms with van der Waals surface area (Å²) in [7, 11) is 0. The van der Waals surface area contributed by atoms with Crippen molar-refractivity contribution < 1.29 is 0 Å². The molecule has 0 aliphatic rings. The van der Waals surface area contributed by atoms with E-state index in [9.17, 15) is 0 Å². The fourth-order valence-electron chi connectivity index (χ4n) is 1.17. The van der Waals surface area contributed by atoms with Gasteiger partial charge in [-0.15, -0.1) is 0 Å². The Morgan fingerprint density at radius 3 is 3.00 bits per heavy atom. The number of nitrogens with zero attached hydrogens (tertiary/aromatic N) is 3. The summed E-state index contributed by atoms with van der Waals surface area (Å²) in [6.45, 7) is 2.06. The maximum absolute atomic E-state index is 5.88. The van der Waals surface area contributed by atoms with Crippen LogP contribution < -0.4 is 0 Å². The van der Waals surface area contributed by atoms with Crippen molar-refractivity contribution in [2.24, 2.45) is 0 Å². The summed E-state index contributed by atoms with van der Waals surface area (Å²) >= 11 is 5.88. The first-order valence-electron chi connectivity index (χ1n) is 3.79. The number of aromatic nitrogens is 3. The van der Waals surface area contributed by atoms with Gasteiger partial charge in [-0.2, -0.15) is 5.10 Å². The molecule has 2 rings (SSSR count). The molecule has 0 N–H and O–H groups in total. The molecule has 3 nitrogen and oxygen atoms in total. The summed E-state index contributed by atoms with van der Waals surface area (Å²) in [5.74, 6) is 0. The van der Waals surface area contributed by atoms with E-state index in [1.165, 1.54) is 0 Å². The van der Waals surface area contributed by atoms with Crippen LogP contribution in [0.5, 0.6) is 0 Å². The zero-order chi connectivity index (χ0) is 8.55. The molecule has 0 fully saturated rings. The normalized spacial score (nSPS) is 10.8. The maximum atomic E-state index is 5.88. The summed E-state index contributed by atoms with van der Waals surface area (Å²) < 4.78 is 1.81. The average Bonchev–Trinajstić information content (AvgIpc) is 2.48. The average molecular weight is 182 g/mol. The molecule has 0 bridgehead atoms. The van der Waals surface area contributed by atoms with Gasteiger partial charge >= 0.3 is 0 Å². The Morgan fingerprint density at radius 1 is 1.42 bits per heavy atom. The van der Waals surface area contributed by atoms with Gasteiger partial charge < -0.3 is 0 Å². The molecule has 0 radical (unpaired) electrons. The Hall–Kier alpha value is -1.09. The molecule has 0 atom stereocenters. The Balaban J connectivity index is 2.81. The van der Waals surface area contributed by atoms with Crippen LogP contribution in [0, 0.1) is 0 Å². The second kappa shape index (κ2) is 2.75. The Labute approximate surface area is 75.0 Å². The number of hydrogen-bond donors (Lipinski definition) is 0. The topological polar surface area (TPSA) is 30.2 Å². The van der Waals surface area contributed by atoms with Gasteiger partial charge in [0.05, 0.1) is 23.1 Å². The monoisotopic (exact) mass is 181 g/mol. The smallest absolute Gasteiger partial charge is 0.103 e. The number of halogens is 1. The molecule has 2 aromatic heterocycles. The first-order chi connectivity index (χ1) is 5.83. The van der Waals surface area contributed by atoms with Gasteiger partial charge in [0.1, 0.15) is 5.52 Å². The molecule has 2 aromatic rings. The third kappa shape index (κ3) is 0.975. The van der Waals surface area contributed by atoms with Gasteiger partial charge in [-0.05, 0) is 6.42 Å². The highest BCUT2D eigenvalue weighted by molar-refractivity contribution is 6.33. The molecule has 62 valence electrons. The van der Waals surface area contributed by atoms with E-state index in [0.29, 0.717) is 5.02 Å². The first kappa shape index (κ1) is 7.55. The lowest BCUT2D eigenvalue weighted by atomic mass is 10.3. The third-order valence-corrected chi connectivity index (χ3v) is 2.11. The predicted molar refractivity (Wildman–Crippen MR) is 47.4 cm³/mol. The van der Waals surface area contributed by atoms with Crippen LogP contribution >= 0.6 is 11.6 Å². The second-order valence-electron chi connectivity index (χ2n) is 2.54. The molecule has 0 amide bonds. The van der Waals surface area contributed by atoms with Crippen LogP contribution in [0.25, 0.3) is 5.52 Å². The molecule has 2 heterocycles. The van der Waals surface area contributed by atoms with E-state index < -0.39 is 0 Å². The highest BCUT2D eigenvalue weighted by atomic mass is 35.5. The van der Waals surface area contributed by atoms with Crippen LogP contribution in [0.15, 0.2) is 18.6 Å². The first-order valence-corrected chi connectivity index (χ1v) is 4.17. The van der Waals surface area contributed by atoms with Gasteiger partial charge in [0, 0.05) is 6.20 Å². The molecular weight excluding hydrogens is 174 g/mol. The van der Waals surface area contributed by atoms with Gasteiger partial charge in [0.2, 0.25) is 0 Å². The van der Waals surface area contributed by atoms with E-state index in [4.69, 9.17) is 11.6 Å². The largest absolute Gasteiger partial charge is 0.261 e. The highest BCUT2D eigenvalue weighted by Crippen LogP contribution is 2.16. The summed E-state index contributed by atoms with van der Waals surface area (Å²) in [6.07, 6.45) is 6.06. The van der Waals surface area contributed by atoms with Crippen molar-refractivity contribution in [1.82, 2.24) is 14.6 Å².